The zero-order valence-corrected chi connectivity index (χ0v) is 19.1. The van der Waals surface area contributed by atoms with Gasteiger partial charge in [-0.2, -0.15) is 13.2 Å². The average Bonchev–Trinajstić information content (AvgIpc) is 2.58. The summed E-state index contributed by atoms with van der Waals surface area (Å²) in [5.41, 5.74) is 0.771. The number of guanidine groups is 1. The van der Waals surface area contributed by atoms with E-state index in [-0.39, 0.29) is 24.0 Å². The first-order chi connectivity index (χ1) is 12.8. The number of rotatable bonds is 10. The Morgan fingerprint density at radius 1 is 1.21 bits per heavy atom. The van der Waals surface area contributed by atoms with E-state index in [0.29, 0.717) is 50.1 Å². The summed E-state index contributed by atoms with van der Waals surface area (Å²) in [5, 5.41) is 6.28. The van der Waals surface area contributed by atoms with Gasteiger partial charge in [0.05, 0.1) is 20.3 Å². The van der Waals surface area contributed by atoms with Crippen molar-refractivity contribution in [1.29, 1.82) is 0 Å². The van der Waals surface area contributed by atoms with Gasteiger partial charge in [-0.1, -0.05) is 0 Å². The van der Waals surface area contributed by atoms with E-state index in [1.165, 1.54) is 11.9 Å². The molecule has 0 saturated heterocycles. The van der Waals surface area contributed by atoms with Crippen LogP contribution in [0.1, 0.15) is 20.3 Å². The van der Waals surface area contributed by atoms with Gasteiger partial charge in [-0.15, -0.1) is 24.0 Å². The number of hydrogen-bond acceptors (Lipinski definition) is 4. The van der Waals surface area contributed by atoms with Crippen molar-refractivity contribution in [3.8, 4) is 11.5 Å². The predicted octanol–water partition coefficient (Wildman–Crippen LogP) is 3.97. The zero-order valence-electron chi connectivity index (χ0n) is 16.7. The lowest BCUT2D eigenvalue weighted by Crippen LogP contribution is -2.33. The van der Waals surface area contributed by atoms with Crippen LogP contribution in [0.25, 0.3) is 0 Å². The second-order valence-electron chi connectivity index (χ2n) is 5.89. The Morgan fingerprint density at radius 3 is 2.50 bits per heavy atom. The minimum atomic E-state index is -4.18. The lowest BCUT2D eigenvalue weighted by molar-refractivity contribution is -0.143. The smallest absolute Gasteiger partial charge is 0.401 e. The highest BCUT2D eigenvalue weighted by Crippen LogP contribution is 2.30. The van der Waals surface area contributed by atoms with Gasteiger partial charge in [-0.3, -0.25) is 9.89 Å². The summed E-state index contributed by atoms with van der Waals surface area (Å²) >= 11 is 0. The molecule has 0 heterocycles. The minimum absolute atomic E-state index is 0. The Bertz CT molecular complexity index is 601. The number of nitrogens with one attached hydrogen (secondary N) is 2. The van der Waals surface area contributed by atoms with Crippen molar-refractivity contribution in [2.45, 2.75) is 26.4 Å². The Labute approximate surface area is 181 Å². The SMILES string of the molecule is CCNC(=NCCCN(C)CC(F)(F)F)Nc1ccc(OC)c(OCC)c1.I. The van der Waals surface area contributed by atoms with Gasteiger partial charge in [0.25, 0.3) is 0 Å². The van der Waals surface area contributed by atoms with Gasteiger partial charge in [-0.05, 0) is 46.0 Å². The van der Waals surface area contributed by atoms with Crippen molar-refractivity contribution in [3.05, 3.63) is 18.2 Å². The Morgan fingerprint density at radius 2 is 1.93 bits per heavy atom. The Hall–Kier alpha value is -1.43. The largest absolute Gasteiger partial charge is 0.493 e. The molecule has 6 nitrogen and oxygen atoms in total. The van der Waals surface area contributed by atoms with Gasteiger partial charge >= 0.3 is 6.18 Å². The van der Waals surface area contributed by atoms with Crippen LogP contribution in [0.4, 0.5) is 18.9 Å². The molecule has 0 aromatic heterocycles. The number of benzene rings is 1. The highest BCUT2D eigenvalue weighted by molar-refractivity contribution is 14.0. The average molecular weight is 518 g/mol. The number of halogens is 4. The van der Waals surface area contributed by atoms with E-state index < -0.39 is 12.7 Å². The normalized spacial score (nSPS) is 11.8. The standard InChI is InChI=1S/C18H29F3N4O2.HI/c1-5-22-17(23-10-7-11-25(3)13-18(19,20)21)24-14-8-9-15(26-4)16(12-14)27-6-2;/h8-9,12H,5-7,10-11,13H2,1-4H3,(H2,22,23,24);1H. The van der Waals surface area contributed by atoms with Gasteiger partial charge < -0.3 is 20.1 Å². The number of hydrogen-bond donors (Lipinski definition) is 2. The van der Waals surface area contributed by atoms with Gasteiger partial charge in [0.15, 0.2) is 17.5 Å². The first kappa shape index (κ1) is 26.6. The third-order valence-electron chi connectivity index (χ3n) is 3.49. The first-order valence-electron chi connectivity index (χ1n) is 8.90. The van der Waals surface area contributed by atoms with Crippen LogP contribution in [0.3, 0.4) is 0 Å². The number of methoxy groups -OCH3 is 1. The third-order valence-corrected chi connectivity index (χ3v) is 3.49. The molecule has 0 saturated carbocycles. The fourth-order valence-electron chi connectivity index (χ4n) is 2.38. The summed E-state index contributed by atoms with van der Waals surface area (Å²) in [6.45, 7) is 4.81. The summed E-state index contributed by atoms with van der Waals surface area (Å²) in [5.74, 6) is 1.82. The molecule has 0 aliphatic carbocycles. The van der Waals surface area contributed by atoms with Gasteiger partial charge in [0, 0.05) is 24.8 Å². The number of ether oxygens (including phenoxy) is 2. The molecule has 0 aliphatic heterocycles. The highest BCUT2D eigenvalue weighted by atomic mass is 127. The fraction of sp³-hybridized carbons (Fsp3) is 0.611. The highest BCUT2D eigenvalue weighted by Gasteiger charge is 2.28. The summed E-state index contributed by atoms with van der Waals surface area (Å²) in [7, 11) is 3.03. The van der Waals surface area contributed by atoms with E-state index >= 15 is 0 Å². The van der Waals surface area contributed by atoms with Crippen LogP contribution in [0.5, 0.6) is 11.5 Å². The van der Waals surface area contributed by atoms with E-state index in [1.54, 1.807) is 13.2 Å². The lowest BCUT2D eigenvalue weighted by atomic mass is 10.2. The molecule has 0 amide bonds. The van der Waals surface area contributed by atoms with E-state index in [1.807, 2.05) is 26.0 Å². The third kappa shape index (κ3) is 10.8. The van der Waals surface area contributed by atoms with Crippen molar-refractivity contribution in [2.75, 3.05) is 52.3 Å². The van der Waals surface area contributed by atoms with Crippen LogP contribution >= 0.6 is 24.0 Å². The molecule has 0 unspecified atom stereocenters. The quantitative estimate of drug-likeness (QED) is 0.213. The summed E-state index contributed by atoms with van der Waals surface area (Å²) in [6.07, 6.45) is -3.66. The molecular weight excluding hydrogens is 488 g/mol. The van der Waals surface area contributed by atoms with E-state index in [0.717, 1.165) is 5.69 Å². The molecule has 1 rings (SSSR count). The van der Waals surface area contributed by atoms with Gasteiger partial charge in [0.2, 0.25) is 0 Å². The molecule has 162 valence electrons. The van der Waals surface area contributed by atoms with E-state index in [4.69, 9.17) is 9.47 Å². The summed E-state index contributed by atoms with van der Waals surface area (Å²) in [4.78, 5) is 5.65. The molecule has 2 N–H and O–H groups in total. The van der Waals surface area contributed by atoms with Crippen molar-refractivity contribution >= 4 is 35.6 Å². The maximum atomic E-state index is 12.3. The van der Waals surface area contributed by atoms with Crippen LogP contribution in [0.15, 0.2) is 23.2 Å². The minimum Gasteiger partial charge on any atom is -0.493 e. The molecule has 1 aromatic rings. The first-order valence-corrected chi connectivity index (χ1v) is 8.90. The second kappa shape index (κ2) is 13.7. The fourth-order valence-corrected chi connectivity index (χ4v) is 2.38. The topological polar surface area (TPSA) is 58.1 Å². The Balaban J connectivity index is 0.00000729. The number of anilines is 1. The molecule has 0 aliphatic rings. The van der Waals surface area contributed by atoms with E-state index in [2.05, 4.69) is 15.6 Å². The van der Waals surface area contributed by atoms with Crippen LogP contribution in [0.2, 0.25) is 0 Å². The monoisotopic (exact) mass is 518 g/mol. The number of alkyl halides is 3. The predicted molar refractivity (Wildman–Crippen MR) is 117 cm³/mol. The maximum absolute atomic E-state index is 12.3. The molecule has 28 heavy (non-hydrogen) atoms. The molecule has 0 spiro atoms. The zero-order chi connectivity index (χ0) is 20.3. The number of aliphatic imine (C=N–C) groups is 1. The molecule has 10 heteroatoms. The molecule has 0 atom stereocenters. The molecule has 1 aromatic carbocycles. The Kier molecular flexibility index (Phi) is 13.0. The molecule has 0 fully saturated rings. The molecular formula is C18H30F3IN4O2. The summed E-state index contributed by atoms with van der Waals surface area (Å²) in [6, 6.07) is 5.45. The van der Waals surface area contributed by atoms with Gasteiger partial charge in [-0.25, -0.2) is 0 Å². The van der Waals surface area contributed by atoms with Crippen LogP contribution in [-0.2, 0) is 0 Å². The number of nitrogens with zero attached hydrogens (tertiary/aromatic N) is 2. The second-order valence-corrected chi connectivity index (χ2v) is 5.89. The van der Waals surface area contributed by atoms with Crippen LogP contribution in [-0.4, -0.2) is 64.0 Å². The van der Waals surface area contributed by atoms with E-state index in [9.17, 15) is 13.2 Å². The molecule has 0 radical (unpaired) electrons. The maximum Gasteiger partial charge on any atom is 0.401 e. The van der Waals surface area contributed by atoms with Gasteiger partial charge in [0.1, 0.15) is 0 Å². The van der Waals surface area contributed by atoms with Crippen molar-refractivity contribution in [3.63, 3.8) is 0 Å². The molecule has 0 bridgehead atoms. The van der Waals surface area contributed by atoms with Crippen molar-refractivity contribution in [1.82, 2.24) is 10.2 Å². The summed E-state index contributed by atoms with van der Waals surface area (Å²) < 4.78 is 47.8. The van der Waals surface area contributed by atoms with Crippen LogP contribution < -0.4 is 20.1 Å². The van der Waals surface area contributed by atoms with Crippen molar-refractivity contribution < 1.29 is 22.6 Å². The lowest BCUT2D eigenvalue weighted by Gasteiger charge is -2.18. The van der Waals surface area contributed by atoms with Crippen molar-refractivity contribution in [2.24, 2.45) is 4.99 Å². The van der Waals surface area contributed by atoms with Crippen LogP contribution in [0, 0.1) is 0 Å².